The number of aromatic amines is 1. The average molecular weight is 442 g/mol. The normalized spacial score (nSPS) is 16.7. The number of benzene rings is 1. The fourth-order valence-corrected chi connectivity index (χ4v) is 4.99. The van der Waals surface area contributed by atoms with E-state index in [9.17, 15) is 9.59 Å². The van der Waals surface area contributed by atoms with Crippen molar-refractivity contribution in [1.29, 1.82) is 0 Å². The summed E-state index contributed by atoms with van der Waals surface area (Å²) in [4.78, 5) is 31.0. The van der Waals surface area contributed by atoms with Crippen LogP contribution in [0, 0.1) is 5.92 Å². The topological polar surface area (TPSA) is 91.0 Å². The van der Waals surface area contributed by atoms with Gasteiger partial charge >= 0.3 is 0 Å². The van der Waals surface area contributed by atoms with Gasteiger partial charge in [0.05, 0.1) is 5.75 Å². The highest BCUT2D eigenvalue weighted by Gasteiger charge is 2.19. The van der Waals surface area contributed by atoms with Gasteiger partial charge in [-0.05, 0) is 42.9 Å². The molecule has 2 heterocycles. The molecule has 7 nitrogen and oxygen atoms in total. The molecule has 2 amide bonds. The van der Waals surface area contributed by atoms with Gasteiger partial charge in [0, 0.05) is 31.6 Å². The number of nitrogens with zero attached hydrogens (tertiary/aromatic N) is 3. The summed E-state index contributed by atoms with van der Waals surface area (Å²) < 4.78 is 0. The van der Waals surface area contributed by atoms with Crippen LogP contribution < -0.4 is 5.32 Å². The quantitative estimate of drug-likeness (QED) is 0.581. The van der Waals surface area contributed by atoms with Gasteiger partial charge in [-0.1, -0.05) is 49.6 Å². The minimum atomic E-state index is -0.0560. The van der Waals surface area contributed by atoms with E-state index in [0.717, 1.165) is 49.7 Å². The lowest BCUT2D eigenvalue weighted by atomic mass is 10.0. The summed E-state index contributed by atoms with van der Waals surface area (Å²) >= 11 is 1.35. The first-order valence-electron chi connectivity index (χ1n) is 11.4. The Kier molecular flexibility index (Phi) is 7.61. The van der Waals surface area contributed by atoms with Crippen LogP contribution in [0.4, 0.5) is 0 Å². The summed E-state index contributed by atoms with van der Waals surface area (Å²) in [6.07, 6.45) is 9.67. The summed E-state index contributed by atoms with van der Waals surface area (Å²) in [6.45, 7) is 2.14. The van der Waals surface area contributed by atoms with E-state index in [4.69, 9.17) is 0 Å². The van der Waals surface area contributed by atoms with Crippen molar-refractivity contribution in [1.82, 2.24) is 25.4 Å². The van der Waals surface area contributed by atoms with Crippen molar-refractivity contribution < 1.29 is 9.59 Å². The fraction of sp³-hybridized carbons (Fsp3) is 0.565. The zero-order chi connectivity index (χ0) is 21.5. The van der Waals surface area contributed by atoms with Crippen LogP contribution in [0.25, 0.3) is 0 Å². The van der Waals surface area contributed by atoms with Crippen molar-refractivity contribution in [2.45, 2.75) is 63.1 Å². The Balaban J connectivity index is 1.16. The summed E-state index contributed by atoms with van der Waals surface area (Å²) in [7, 11) is 0. The Labute approximate surface area is 187 Å². The van der Waals surface area contributed by atoms with Gasteiger partial charge in [-0.3, -0.25) is 14.7 Å². The molecular weight excluding hydrogens is 410 g/mol. The number of aryl methyl sites for hydroxylation is 1. The molecule has 166 valence electrons. The van der Waals surface area contributed by atoms with E-state index in [2.05, 4.69) is 20.5 Å². The predicted octanol–water partition coefficient (Wildman–Crippen LogP) is 3.57. The van der Waals surface area contributed by atoms with Gasteiger partial charge in [0.15, 0.2) is 0 Å². The van der Waals surface area contributed by atoms with Crippen LogP contribution in [0.2, 0.25) is 0 Å². The molecule has 2 aliphatic rings. The number of likely N-dealkylation sites (tertiary alicyclic amines) is 1. The molecule has 1 aliphatic carbocycles. The third-order valence-corrected chi connectivity index (χ3v) is 7.04. The summed E-state index contributed by atoms with van der Waals surface area (Å²) in [5, 5.41) is 10.8. The minimum absolute atomic E-state index is 0.0560. The number of hydrogen-bond donors (Lipinski definition) is 2. The fourth-order valence-electron chi connectivity index (χ4n) is 4.34. The van der Waals surface area contributed by atoms with Crippen LogP contribution in [-0.2, 0) is 17.8 Å². The molecule has 2 fully saturated rings. The van der Waals surface area contributed by atoms with E-state index in [0.29, 0.717) is 17.3 Å². The molecule has 2 aromatic rings. The van der Waals surface area contributed by atoms with Gasteiger partial charge in [0.2, 0.25) is 11.1 Å². The maximum Gasteiger partial charge on any atom is 0.253 e. The number of carbonyl (C=O) groups is 2. The molecule has 0 spiro atoms. The zero-order valence-electron chi connectivity index (χ0n) is 17.9. The summed E-state index contributed by atoms with van der Waals surface area (Å²) in [6, 6.07) is 7.50. The first-order valence-corrected chi connectivity index (χ1v) is 12.3. The lowest BCUT2D eigenvalue weighted by Crippen LogP contribution is -2.27. The summed E-state index contributed by atoms with van der Waals surface area (Å²) in [5.41, 5.74) is 1.68. The van der Waals surface area contributed by atoms with E-state index in [-0.39, 0.29) is 17.6 Å². The van der Waals surface area contributed by atoms with E-state index in [1.807, 2.05) is 29.2 Å². The first-order chi connectivity index (χ1) is 15.2. The highest BCUT2D eigenvalue weighted by Crippen LogP contribution is 2.28. The molecule has 1 saturated carbocycles. The molecule has 8 heteroatoms. The number of thioether (sulfide) groups is 1. The number of nitrogens with one attached hydrogen (secondary N) is 2. The Morgan fingerprint density at radius 3 is 2.58 bits per heavy atom. The van der Waals surface area contributed by atoms with Crippen LogP contribution in [-0.4, -0.2) is 50.7 Å². The van der Waals surface area contributed by atoms with Crippen LogP contribution in [0.15, 0.2) is 29.4 Å². The molecule has 1 aromatic carbocycles. The van der Waals surface area contributed by atoms with Crippen LogP contribution in [0.5, 0.6) is 0 Å². The molecule has 4 rings (SSSR count). The first kappa shape index (κ1) is 21.9. The number of rotatable bonds is 9. The SMILES string of the molecule is O=C(CSc1n[nH]c(CCC2CCCC2)n1)NCc1ccc(C(=O)N2CCCC2)cc1. The minimum Gasteiger partial charge on any atom is -0.351 e. The maximum absolute atomic E-state index is 12.4. The molecule has 1 aliphatic heterocycles. The van der Waals surface area contributed by atoms with Crippen LogP contribution in [0.3, 0.4) is 0 Å². The Morgan fingerprint density at radius 1 is 1.10 bits per heavy atom. The number of amides is 2. The number of carbonyl (C=O) groups excluding carboxylic acids is 2. The Morgan fingerprint density at radius 2 is 1.84 bits per heavy atom. The van der Waals surface area contributed by atoms with E-state index < -0.39 is 0 Å². The van der Waals surface area contributed by atoms with Crippen molar-refractivity contribution in [2.24, 2.45) is 5.92 Å². The van der Waals surface area contributed by atoms with Gasteiger partial charge in [-0.2, -0.15) is 0 Å². The molecular formula is C23H31N5O2S. The highest BCUT2D eigenvalue weighted by atomic mass is 32.2. The lowest BCUT2D eigenvalue weighted by Gasteiger charge is -2.15. The number of hydrogen-bond acceptors (Lipinski definition) is 5. The third-order valence-electron chi connectivity index (χ3n) is 6.19. The van der Waals surface area contributed by atoms with Gasteiger partial charge < -0.3 is 10.2 Å². The number of H-pyrrole nitrogens is 1. The Hall–Kier alpha value is -2.35. The van der Waals surface area contributed by atoms with Crippen LogP contribution in [0.1, 0.15) is 66.7 Å². The predicted molar refractivity (Wildman–Crippen MR) is 121 cm³/mol. The standard InChI is InChI=1S/C23H31N5O2S/c29-21(16-31-23-25-20(26-27-23)12-9-17-5-1-2-6-17)24-15-18-7-10-19(11-8-18)22(30)28-13-3-4-14-28/h7-8,10-11,17H,1-6,9,12-16H2,(H,24,29)(H,25,26,27). The van der Waals surface area contributed by atoms with Crippen molar-refractivity contribution in [3.05, 3.63) is 41.2 Å². The highest BCUT2D eigenvalue weighted by molar-refractivity contribution is 7.99. The molecule has 1 aromatic heterocycles. The summed E-state index contributed by atoms with van der Waals surface area (Å²) in [5.74, 6) is 2.07. The van der Waals surface area contributed by atoms with E-state index >= 15 is 0 Å². The second kappa shape index (κ2) is 10.8. The second-order valence-electron chi connectivity index (χ2n) is 8.52. The molecule has 0 atom stereocenters. The van der Waals surface area contributed by atoms with Crippen molar-refractivity contribution in [2.75, 3.05) is 18.8 Å². The molecule has 0 radical (unpaired) electrons. The van der Waals surface area contributed by atoms with Gasteiger partial charge in [0.1, 0.15) is 5.82 Å². The van der Waals surface area contributed by atoms with Gasteiger partial charge in [-0.25, -0.2) is 4.98 Å². The van der Waals surface area contributed by atoms with Crippen LogP contribution >= 0.6 is 11.8 Å². The molecule has 2 N–H and O–H groups in total. The second-order valence-corrected chi connectivity index (χ2v) is 9.46. The average Bonchev–Trinajstić information content (AvgIpc) is 3.57. The Bertz CT molecular complexity index is 870. The van der Waals surface area contributed by atoms with Crippen molar-refractivity contribution in [3.63, 3.8) is 0 Å². The number of aromatic nitrogens is 3. The molecule has 1 saturated heterocycles. The van der Waals surface area contributed by atoms with E-state index in [1.54, 1.807) is 0 Å². The van der Waals surface area contributed by atoms with Crippen molar-refractivity contribution in [3.8, 4) is 0 Å². The van der Waals surface area contributed by atoms with E-state index in [1.165, 1.54) is 43.9 Å². The lowest BCUT2D eigenvalue weighted by molar-refractivity contribution is -0.118. The zero-order valence-corrected chi connectivity index (χ0v) is 18.8. The van der Waals surface area contributed by atoms with Gasteiger partial charge in [-0.15, -0.1) is 5.10 Å². The third kappa shape index (κ3) is 6.32. The van der Waals surface area contributed by atoms with Gasteiger partial charge in [0.25, 0.3) is 5.91 Å². The molecule has 0 unspecified atom stereocenters. The molecule has 0 bridgehead atoms. The monoisotopic (exact) mass is 441 g/mol. The van der Waals surface area contributed by atoms with Crippen molar-refractivity contribution >= 4 is 23.6 Å². The largest absolute Gasteiger partial charge is 0.351 e. The maximum atomic E-state index is 12.4. The smallest absolute Gasteiger partial charge is 0.253 e. The molecule has 31 heavy (non-hydrogen) atoms.